The number of likely N-dealkylation sites (tertiary alicyclic amines) is 1. The molecule has 0 spiro atoms. The molecule has 1 aliphatic heterocycles. The van der Waals surface area contributed by atoms with Gasteiger partial charge in [-0.25, -0.2) is 4.98 Å². The fourth-order valence-electron chi connectivity index (χ4n) is 3.01. The molecule has 3 heterocycles. The molecule has 0 aliphatic carbocycles. The number of imidazole rings is 1. The quantitative estimate of drug-likeness (QED) is 0.906. The van der Waals surface area contributed by atoms with Gasteiger partial charge in [0.15, 0.2) is 0 Å². The van der Waals surface area contributed by atoms with Crippen molar-refractivity contribution in [2.45, 2.75) is 38.8 Å². The summed E-state index contributed by atoms with van der Waals surface area (Å²) in [6.45, 7) is 6.66. The van der Waals surface area contributed by atoms with E-state index in [2.05, 4.69) is 40.0 Å². The van der Waals surface area contributed by atoms with Crippen LogP contribution in [0.15, 0.2) is 30.6 Å². The van der Waals surface area contributed by atoms with Gasteiger partial charge in [0.25, 0.3) is 0 Å². The van der Waals surface area contributed by atoms with Gasteiger partial charge in [-0.15, -0.1) is 0 Å². The minimum absolute atomic E-state index is 0.653. The van der Waals surface area contributed by atoms with Gasteiger partial charge in [0.05, 0.1) is 5.69 Å². The lowest BCUT2D eigenvalue weighted by Gasteiger charge is -2.32. The summed E-state index contributed by atoms with van der Waals surface area (Å²) >= 11 is 0. The average Bonchev–Trinajstić information content (AvgIpc) is 2.87. The van der Waals surface area contributed by atoms with Gasteiger partial charge < -0.3 is 9.72 Å². The molecule has 4 heteroatoms. The zero-order chi connectivity index (χ0) is 13.8. The summed E-state index contributed by atoms with van der Waals surface area (Å²) in [6.07, 6.45) is 8.02. The Labute approximate surface area is 120 Å². The first-order chi connectivity index (χ1) is 9.85. The van der Waals surface area contributed by atoms with Crippen LogP contribution in [0.25, 0.3) is 5.65 Å². The predicted molar refractivity (Wildman–Crippen MR) is 81.8 cm³/mol. The summed E-state index contributed by atoms with van der Waals surface area (Å²) in [5.41, 5.74) is 2.22. The molecular formula is C16H24N4. The minimum Gasteiger partial charge on any atom is -0.313 e. The van der Waals surface area contributed by atoms with Gasteiger partial charge in [0, 0.05) is 31.5 Å². The monoisotopic (exact) mass is 272 g/mol. The zero-order valence-electron chi connectivity index (χ0n) is 12.3. The molecule has 1 N–H and O–H groups in total. The van der Waals surface area contributed by atoms with Crippen molar-refractivity contribution in [2.75, 3.05) is 19.6 Å². The smallest absolute Gasteiger partial charge is 0.137 e. The third-order valence-electron chi connectivity index (χ3n) is 3.99. The molecule has 4 nitrogen and oxygen atoms in total. The molecule has 1 fully saturated rings. The Bertz CT molecular complexity index is 515. The number of nitrogens with one attached hydrogen (secondary N) is 1. The molecule has 2 aromatic heterocycles. The van der Waals surface area contributed by atoms with Gasteiger partial charge in [-0.3, -0.25) is 4.90 Å². The van der Waals surface area contributed by atoms with Crippen molar-refractivity contribution in [1.82, 2.24) is 19.6 Å². The second kappa shape index (κ2) is 6.37. The Kier molecular flexibility index (Phi) is 4.33. The van der Waals surface area contributed by atoms with E-state index in [1.165, 1.54) is 31.5 Å². The van der Waals surface area contributed by atoms with Crippen molar-refractivity contribution in [3.05, 3.63) is 36.3 Å². The van der Waals surface area contributed by atoms with Crippen LogP contribution in [-0.2, 0) is 6.54 Å². The summed E-state index contributed by atoms with van der Waals surface area (Å²) in [7, 11) is 0. The number of aromatic nitrogens is 2. The first-order valence-corrected chi connectivity index (χ1v) is 7.73. The topological polar surface area (TPSA) is 32.6 Å². The van der Waals surface area contributed by atoms with Crippen LogP contribution in [-0.4, -0.2) is 40.0 Å². The SMILES string of the molecule is CCCNC1CCCN(Cc2cn3ccccc3n2)C1. The highest BCUT2D eigenvalue weighted by atomic mass is 15.2. The summed E-state index contributed by atoms with van der Waals surface area (Å²) in [5, 5.41) is 3.65. The van der Waals surface area contributed by atoms with Gasteiger partial charge in [0.1, 0.15) is 5.65 Å². The number of piperidine rings is 1. The Hall–Kier alpha value is -1.39. The summed E-state index contributed by atoms with van der Waals surface area (Å²) < 4.78 is 2.10. The lowest BCUT2D eigenvalue weighted by molar-refractivity contribution is 0.182. The standard InChI is InChI=1S/C16H24N4/c1-2-8-17-14-6-5-9-19(11-14)12-15-13-20-10-4-3-7-16(20)18-15/h3-4,7,10,13-14,17H,2,5-6,8-9,11-12H2,1H3. The molecule has 1 unspecified atom stereocenters. The predicted octanol–water partition coefficient (Wildman–Crippen LogP) is 2.30. The maximum Gasteiger partial charge on any atom is 0.137 e. The van der Waals surface area contributed by atoms with E-state index in [0.29, 0.717) is 6.04 Å². The Morgan fingerprint density at radius 1 is 1.40 bits per heavy atom. The normalized spacial score (nSPS) is 20.6. The number of pyridine rings is 1. The molecule has 0 radical (unpaired) electrons. The first-order valence-electron chi connectivity index (χ1n) is 7.73. The molecule has 20 heavy (non-hydrogen) atoms. The lowest BCUT2D eigenvalue weighted by Crippen LogP contribution is -2.45. The van der Waals surface area contributed by atoms with Gasteiger partial charge in [0.2, 0.25) is 0 Å². The minimum atomic E-state index is 0.653. The molecule has 2 aromatic rings. The van der Waals surface area contributed by atoms with Crippen LogP contribution < -0.4 is 5.32 Å². The molecule has 0 saturated carbocycles. The second-order valence-electron chi connectivity index (χ2n) is 5.73. The van der Waals surface area contributed by atoms with Crippen molar-refractivity contribution < 1.29 is 0 Å². The van der Waals surface area contributed by atoms with Crippen LogP contribution in [0, 0.1) is 0 Å². The lowest BCUT2D eigenvalue weighted by atomic mass is 10.1. The van der Waals surface area contributed by atoms with Gasteiger partial charge in [-0.2, -0.15) is 0 Å². The fraction of sp³-hybridized carbons (Fsp3) is 0.562. The van der Waals surface area contributed by atoms with Gasteiger partial charge in [-0.05, 0) is 44.5 Å². The number of fused-ring (bicyclic) bond motifs is 1. The van der Waals surface area contributed by atoms with E-state index >= 15 is 0 Å². The maximum atomic E-state index is 4.69. The molecule has 0 aromatic carbocycles. The van der Waals surface area contributed by atoms with Gasteiger partial charge >= 0.3 is 0 Å². The molecule has 3 rings (SSSR count). The van der Waals surface area contributed by atoms with Crippen LogP contribution in [0.2, 0.25) is 0 Å². The number of hydrogen-bond donors (Lipinski definition) is 1. The molecule has 1 saturated heterocycles. The number of nitrogens with zero attached hydrogens (tertiary/aromatic N) is 3. The highest BCUT2D eigenvalue weighted by molar-refractivity contribution is 5.39. The van der Waals surface area contributed by atoms with E-state index in [1.807, 2.05) is 12.1 Å². The molecule has 1 aliphatic rings. The van der Waals surface area contributed by atoms with Crippen LogP contribution in [0.4, 0.5) is 0 Å². The summed E-state index contributed by atoms with van der Waals surface area (Å²) in [5.74, 6) is 0. The van der Waals surface area contributed by atoms with E-state index in [4.69, 9.17) is 4.98 Å². The molecule has 0 bridgehead atoms. The third-order valence-corrected chi connectivity index (χ3v) is 3.99. The first kappa shape index (κ1) is 13.6. The Balaban J connectivity index is 1.61. The molecule has 108 valence electrons. The van der Waals surface area contributed by atoms with E-state index in [1.54, 1.807) is 0 Å². The Morgan fingerprint density at radius 3 is 3.20 bits per heavy atom. The Morgan fingerprint density at radius 2 is 2.35 bits per heavy atom. The average molecular weight is 272 g/mol. The van der Waals surface area contributed by atoms with Crippen molar-refractivity contribution >= 4 is 5.65 Å². The second-order valence-corrected chi connectivity index (χ2v) is 5.73. The van der Waals surface area contributed by atoms with Crippen molar-refractivity contribution in [3.8, 4) is 0 Å². The highest BCUT2D eigenvalue weighted by Gasteiger charge is 2.19. The zero-order valence-corrected chi connectivity index (χ0v) is 12.3. The van der Waals surface area contributed by atoms with Crippen molar-refractivity contribution in [2.24, 2.45) is 0 Å². The van der Waals surface area contributed by atoms with E-state index in [0.717, 1.165) is 25.3 Å². The number of rotatable bonds is 5. The van der Waals surface area contributed by atoms with E-state index < -0.39 is 0 Å². The number of hydrogen-bond acceptors (Lipinski definition) is 3. The molecule has 1 atom stereocenters. The van der Waals surface area contributed by atoms with E-state index in [9.17, 15) is 0 Å². The van der Waals surface area contributed by atoms with E-state index in [-0.39, 0.29) is 0 Å². The summed E-state index contributed by atoms with van der Waals surface area (Å²) in [4.78, 5) is 7.22. The van der Waals surface area contributed by atoms with Crippen LogP contribution in [0.5, 0.6) is 0 Å². The largest absolute Gasteiger partial charge is 0.313 e. The van der Waals surface area contributed by atoms with Gasteiger partial charge in [-0.1, -0.05) is 13.0 Å². The van der Waals surface area contributed by atoms with Crippen molar-refractivity contribution in [3.63, 3.8) is 0 Å². The van der Waals surface area contributed by atoms with Crippen LogP contribution in [0.1, 0.15) is 31.9 Å². The van der Waals surface area contributed by atoms with Crippen molar-refractivity contribution in [1.29, 1.82) is 0 Å². The fourth-order valence-corrected chi connectivity index (χ4v) is 3.01. The maximum absolute atomic E-state index is 4.69. The highest BCUT2D eigenvalue weighted by Crippen LogP contribution is 2.14. The molecule has 0 amide bonds. The van der Waals surface area contributed by atoms with Crippen LogP contribution in [0.3, 0.4) is 0 Å². The van der Waals surface area contributed by atoms with Crippen LogP contribution >= 0.6 is 0 Å². The molecular weight excluding hydrogens is 248 g/mol. The third kappa shape index (κ3) is 3.19. The summed E-state index contributed by atoms with van der Waals surface area (Å²) in [6, 6.07) is 6.80.